The maximum atomic E-state index is 11.7. The third-order valence-corrected chi connectivity index (χ3v) is 8.82. The van der Waals surface area contributed by atoms with Crippen molar-refractivity contribution in [3.8, 4) is 27.9 Å². The summed E-state index contributed by atoms with van der Waals surface area (Å²) in [5.41, 5.74) is 10.7. The number of rotatable bonds is 5. The number of nitro groups is 1. The lowest BCUT2D eigenvalue weighted by atomic mass is 9.67. The van der Waals surface area contributed by atoms with Gasteiger partial charge < -0.3 is 4.57 Å². The van der Waals surface area contributed by atoms with E-state index in [4.69, 9.17) is 0 Å². The SMILES string of the molecule is O=[N+]([O-])c1ccccc1-c1ccc2c(ccn2-c2ccc3c(c2)C(c2ccccc2)(c2ccccc2)c2ccccc2-3)c1. The molecule has 0 N–H and O–H groups in total. The first-order valence-electron chi connectivity index (χ1n) is 14.4. The lowest BCUT2D eigenvalue weighted by Gasteiger charge is -2.34. The zero-order valence-corrected chi connectivity index (χ0v) is 23.2. The molecule has 0 fully saturated rings. The Bertz CT molecular complexity index is 2120. The van der Waals surface area contributed by atoms with Gasteiger partial charge in [0.25, 0.3) is 5.69 Å². The Kier molecular flexibility index (Phi) is 5.63. The minimum atomic E-state index is -0.465. The van der Waals surface area contributed by atoms with Crippen LogP contribution in [0.5, 0.6) is 0 Å². The molecule has 8 rings (SSSR count). The average molecular weight is 555 g/mol. The number of nitrogens with zero attached hydrogens (tertiary/aromatic N) is 2. The van der Waals surface area contributed by atoms with Gasteiger partial charge in [0.15, 0.2) is 0 Å². The van der Waals surface area contributed by atoms with Gasteiger partial charge in [-0.2, -0.15) is 0 Å². The van der Waals surface area contributed by atoms with E-state index in [0.717, 1.165) is 22.2 Å². The fourth-order valence-corrected chi connectivity index (χ4v) is 6.99. The molecule has 204 valence electrons. The topological polar surface area (TPSA) is 48.1 Å². The normalized spacial score (nSPS) is 13.0. The molecule has 0 unspecified atom stereocenters. The van der Waals surface area contributed by atoms with Crippen LogP contribution in [0.3, 0.4) is 0 Å². The van der Waals surface area contributed by atoms with E-state index in [2.05, 4.69) is 126 Å². The zero-order chi connectivity index (χ0) is 29.0. The molecule has 6 aromatic carbocycles. The molecule has 7 aromatic rings. The first-order valence-corrected chi connectivity index (χ1v) is 14.4. The number of benzene rings is 6. The highest BCUT2D eigenvalue weighted by Crippen LogP contribution is 2.56. The van der Waals surface area contributed by atoms with Gasteiger partial charge in [-0.15, -0.1) is 0 Å². The standard InChI is InChI=1S/C39H26N2O2/c42-41(43)38-18-10-8-15-32(38)27-19-22-37-28(25-27)23-24-40(37)31-20-21-34-33-16-7-9-17-35(33)39(36(34)26-31,29-11-3-1-4-12-29)30-13-5-2-6-14-30/h1-26H. The van der Waals surface area contributed by atoms with E-state index in [9.17, 15) is 10.1 Å². The van der Waals surface area contributed by atoms with Crippen molar-refractivity contribution >= 4 is 16.6 Å². The second-order valence-electron chi connectivity index (χ2n) is 11.0. The van der Waals surface area contributed by atoms with E-state index in [1.807, 2.05) is 18.2 Å². The van der Waals surface area contributed by atoms with Crippen LogP contribution in [-0.4, -0.2) is 9.49 Å². The number of aromatic nitrogens is 1. The van der Waals surface area contributed by atoms with Crippen molar-refractivity contribution in [2.24, 2.45) is 0 Å². The largest absolute Gasteiger partial charge is 0.317 e. The molecule has 0 amide bonds. The monoisotopic (exact) mass is 554 g/mol. The third-order valence-electron chi connectivity index (χ3n) is 8.82. The highest BCUT2D eigenvalue weighted by molar-refractivity contribution is 5.90. The van der Waals surface area contributed by atoms with Gasteiger partial charge >= 0.3 is 0 Å². The van der Waals surface area contributed by atoms with E-state index in [1.54, 1.807) is 18.2 Å². The van der Waals surface area contributed by atoms with E-state index in [0.29, 0.717) is 5.56 Å². The van der Waals surface area contributed by atoms with Gasteiger partial charge in [-0.3, -0.25) is 10.1 Å². The zero-order valence-electron chi connectivity index (χ0n) is 23.2. The fourth-order valence-electron chi connectivity index (χ4n) is 6.99. The van der Waals surface area contributed by atoms with Crippen molar-refractivity contribution < 1.29 is 4.92 Å². The fraction of sp³-hybridized carbons (Fsp3) is 0.0256. The summed E-state index contributed by atoms with van der Waals surface area (Å²) in [5.74, 6) is 0. The first-order chi connectivity index (χ1) is 21.2. The van der Waals surface area contributed by atoms with Crippen molar-refractivity contribution in [1.82, 2.24) is 4.57 Å². The summed E-state index contributed by atoms with van der Waals surface area (Å²) in [4.78, 5) is 11.4. The van der Waals surface area contributed by atoms with E-state index >= 15 is 0 Å². The van der Waals surface area contributed by atoms with Crippen LogP contribution in [0, 0.1) is 10.1 Å². The van der Waals surface area contributed by atoms with Gasteiger partial charge in [-0.05, 0) is 75.3 Å². The van der Waals surface area contributed by atoms with Gasteiger partial charge in [0.1, 0.15) is 0 Å². The van der Waals surface area contributed by atoms with Crippen LogP contribution in [0.2, 0.25) is 0 Å². The molecule has 1 heterocycles. The molecular formula is C39H26N2O2. The highest BCUT2D eigenvalue weighted by atomic mass is 16.6. The first kappa shape index (κ1) is 25.0. The predicted octanol–water partition coefficient (Wildman–Crippen LogP) is 9.57. The molecule has 4 nitrogen and oxygen atoms in total. The highest BCUT2D eigenvalue weighted by Gasteiger charge is 2.46. The molecule has 0 atom stereocenters. The van der Waals surface area contributed by atoms with Gasteiger partial charge in [-0.25, -0.2) is 0 Å². The van der Waals surface area contributed by atoms with Crippen LogP contribution in [0.15, 0.2) is 158 Å². The third kappa shape index (κ3) is 3.70. The molecule has 0 radical (unpaired) electrons. The predicted molar refractivity (Wildman–Crippen MR) is 173 cm³/mol. The Balaban J connectivity index is 1.34. The summed E-state index contributed by atoms with van der Waals surface area (Å²) in [5, 5.41) is 12.7. The number of hydrogen-bond acceptors (Lipinski definition) is 2. The molecule has 1 aromatic heterocycles. The Hall–Kier alpha value is -5.74. The summed E-state index contributed by atoms with van der Waals surface area (Å²) in [6.07, 6.45) is 2.09. The molecule has 4 heteroatoms. The smallest absolute Gasteiger partial charge is 0.277 e. The van der Waals surface area contributed by atoms with Crippen molar-refractivity contribution in [2.45, 2.75) is 5.41 Å². The van der Waals surface area contributed by atoms with Crippen LogP contribution in [0.4, 0.5) is 5.69 Å². The van der Waals surface area contributed by atoms with E-state index in [-0.39, 0.29) is 10.6 Å². The van der Waals surface area contributed by atoms with Crippen LogP contribution < -0.4 is 0 Å². The summed E-state index contributed by atoms with van der Waals surface area (Å²) >= 11 is 0. The molecule has 1 aliphatic carbocycles. The average Bonchev–Trinajstić information content (AvgIpc) is 3.62. The lowest BCUT2D eigenvalue weighted by Crippen LogP contribution is -2.28. The van der Waals surface area contributed by atoms with Crippen LogP contribution >= 0.6 is 0 Å². The lowest BCUT2D eigenvalue weighted by molar-refractivity contribution is -0.384. The van der Waals surface area contributed by atoms with Crippen LogP contribution in [0.1, 0.15) is 22.3 Å². The molecular weight excluding hydrogens is 528 g/mol. The maximum Gasteiger partial charge on any atom is 0.277 e. The molecule has 43 heavy (non-hydrogen) atoms. The quantitative estimate of drug-likeness (QED) is 0.157. The maximum absolute atomic E-state index is 11.7. The molecule has 0 spiro atoms. The molecule has 1 aliphatic rings. The van der Waals surface area contributed by atoms with Gasteiger partial charge in [-0.1, -0.05) is 109 Å². The number of hydrogen-bond donors (Lipinski definition) is 0. The van der Waals surface area contributed by atoms with Crippen LogP contribution in [-0.2, 0) is 5.41 Å². The van der Waals surface area contributed by atoms with E-state index in [1.165, 1.54) is 33.4 Å². The summed E-state index contributed by atoms with van der Waals surface area (Å²) in [7, 11) is 0. The molecule has 0 bridgehead atoms. The minimum absolute atomic E-state index is 0.109. The summed E-state index contributed by atoms with van der Waals surface area (Å²) in [6.45, 7) is 0. The van der Waals surface area contributed by atoms with Crippen LogP contribution in [0.25, 0.3) is 38.8 Å². The summed E-state index contributed by atoms with van der Waals surface area (Å²) in [6, 6.07) is 52.2. The number of para-hydroxylation sites is 1. The van der Waals surface area contributed by atoms with Gasteiger partial charge in [0.2, 0.25) is 0 Å². The Morgan fingerprint density at radius 1 is 0.558 bits per heavy atom. The molecule has 0 saturated heterocycles. The van der Waals surface area contributed by atoms with Crippen molar-refractivity contribution in [2.75, 3.05) is 0 Å². The van der Waals surface area contributed by atoms with Gasteiger partial charge in [0.05, 0.1) is 21.4 Å². The van der Waals surface area contributed by atoms with Crippen molar-refractivity contribution in [3.05, 3.63) is 190 Å². The second kappa shape index (κ2) is 9.68. The Morgan fingerprint density at radius 2 is 1.19 bits per heavy atom. The van der Waals surface area contributed by atoms with Gasteiger partial charge in [0, 0.05) is 23.3 Å². The minimum Gasteiger partial charge on any atom is -0.317 e. The summed E-state index contributed by atoms with van der Waals surface area (Å²) < 4.78 is 2.21. The number of nitro benzene ring substituents is 1. The van der Waals surface area contributed by atoms with Crippen molar-refractivity contribution in [3.63, 3.8) is 0 Å². The Labute approximate surface area is 249 Å². The number of fused-ring (bicyclic) bond motifs is 4. The molecule has 0 saturated carbocycles. The van der Waals surface area contributed by atoms with E-state index < -0.39 is 5.41 Å². The second-order valence-corrected chi connectivity index (χ2v) is 11.0. The Morgan fingerprint density at radius 3 is 1.91 bits per heavy atom. The molecule has 0 aliphatic heterocycles. The van der Waals surface area contributed by atoms with Crippen molar-refractivity contribution in [1.29, 1.82) is 0 Å².